The minimum Gasteiger partial charge on any atom is -0.480 e. The van der Waals surface area contributed by atoms with Crippen molar-refractivity contribution in [3.63, 3.8) is 0 Å². The number of amides is 2. The van der Waals surface area contributed by atoms with Crippen molar-refractivity contribution in [3.8, 4) is 0 Å². The highest BCUT2D eigenvalue weighted by atomic mass is 16.4. The molecule has 0 spiro atoms. The number of carbonyl (C=O) groups is 2. The van der Waals surface area contributed by atoms with Crippen molar-refractivity contribution in [1.29, 1.82) is 0 Å². The highest BCUT2D eigenvalue weighted by Crippen LogP contribution is 2.28. The average molecular weight is 258 g/mol. The largest absolute Gasteiger partial charge is 0.480 e. The molecular formula is C12H22N2O4. The molecule has 1 rings (SSSR count). The first-order chi connectivity index (χ1) is 8.43. The molecule has 1 aliphatic carbocycles. The number of hydrogen-bond donors (Lipinski definition) is 4. The van der Waals surface area contributed by atoms with E-state index in [0.717, 1.165) is 19.3 Å². The normalized spacial score (nSPS) is 29.4. The number of hydrogen-bond acceptors (Lipinski definition) is 3. The number of carboxylic acids is 1. The number of aliphatic carboxylic acids is 1. The predicted molar refractivity (Wildman–Crippen MR) is 66.1 cm³/mol. The minimum absolute atomic E-state index is 0.0781. The zero-order valence-corrected chi connectivity index (χ0v) is 10.8. The molecule has 1 saturated carbocycles. The van der Waals surface area contributed by atoms with E-state index in [1.165, 1.54) is 0 Å². The summed E-state index contributed by atoms with van der Waals surface area (Å²) >= 11 is 0. The van der Waals surface area contributed by atoms with E-state index in [4.69, 9.17) is 10.2 Å². The molecule has 0 radical (unpaired) electrons. The van der Waals surface area contributed by atoms with Gasteiger partial charge in [-0.15, -0.1) is 0 Å². The summed E-state index contributed by atoms with van der Waals surface area (Å²) in [5.41, 5.74) is 0. The molecule has 4 unspecified atom stereocenters. The van der Waals surface area contributed by atoms with Gasteiger partial charge in [0.25, 0.3) is 0 Å². The third-order valence-corrected chi connectivity index (χ3v) is 3.53. The standard InChI is InChI=1S/C12H22N2O4/c1-7-3-4-9(8(2)5-7)13-12(18)14-10(6-15)11(16)17/h7-10,15H,3-6H2,1-2H3,(H,16,17)(H2,13,14,18). The van der Waals surface area contributed by atoms with Gasteiger partial charge in [-0.2, -0.15) is 0 Å². The second kappa shape index (κ2) is 6.58. The van der Waals surface area contributed by atoms with Crippen LogP contribution in [0, 0.1) is 11.8 Å². The molecule has 0 heterocycles. The molecule has 104 valence electrons. The zero-order chi connectivity index (χ0) is 13.7. The molecule has 1 aliphatic rings. The first-order valence-electron chi connectivity index (χ1n) is 6.34. The monoisotopic (exact) mass is 258 g/mol. The van der Waals surface area contributed by atoms with Crippen molar-refractivity contribution >= 4 is 12.0 Å². The Kier molecular flexibility index (Phi) is 5.40. The smallest absolute Gasteiger partial charge is 0.328 e. The summed E-state index contributed by atoms with van der Waals surface area (Å²) in [4.78, 5) is 22.3. The maximum absolute atomic E-state index is 11.6. The van der Waals surface area contributed by atoms with Crippen LogP contribution in [-0.4, -0.2) is 40.9 Å². The summed E-state index contributed by atoms with van der Waals surface area (Å²) < 4.78 is 0. The van der Waals surface area contributed by atoms with Crippen LogP contribution >= 0.6 is 0 Å². The van der Waals surface area contributed by atoms with Crippen LogP contribution in [0.5, 0.6) is 0 Å². The van der Waals surface area contributed by atoms with Crippen LogP contribution in [0.15, 0.2) is 0 Å². The van der Waals surface area contributed by atoms with Gasteiger partial charge in [-0.05, 0) is 31.1 Å². The van der Waals surface area contributed by atoms with Crippen molar-refractivity contribution in [3.05, 3.63) is 0 Å². The van der Waals surface area contributed by atoms with Gasteiger partial charge in [0.1, 0.15) is 0 Å². The van der Waals surface area contributed by atoms with E-state index in [1.54, 1.807) is 0 Å². The second-order valence-electron chi connectivity index (χ2n) is 5.19. The van der Waals surface area contributed by atoms with Crippen molar-refractivity contribution in [2.24, 2.45) is 11.8 Å². The Bertz CT molecular complexity index is 308. The number of aliphatic hydroxyl groups is 1. The number of urea groups is 1. The van der Waals surface area contributed by atoms with Gasteiger partial charge in [-0.1, -0.05) is 13.8 Å². The lowest BCUT2D eigenvalue weighted by Gasteiger charge is -2.33. The van der Waals surface area contributed by atoms with E-state index in [1.807, 2.05) is 0 Å². The van der Waals surface area contributed by atoms with Crippen LogP contribution in [0.2, 0.25) is 0 Å². The van der Waals surface area contributed by atoms with Gasteiger partial charge in [-0.25, -0.2) is 9.59 Å². The molecule has 2 amide bonds. The Morgan fingerprint density at radius 2 is 2.00 bits per heavy atom. The summed E-state index contributed by atoms with van der Waals surface area (Å²) in [6.45, 7) is 3.67. The number of carbonyl (C=O) groups excluding carboxylic acids is 1. The van der Waals surface area contributed by atoms with Crippen molar-refractivity contribution in [1.82, 2.24) is 10.6 Å². The highest BCUT2D eigenvalue weighted by Gasteiger charge is 2.27. The molecule has 1 fully saturated rings. The number of aliphatic hydroxyl groups excluding tert-OH is 1. The van der Waals surface area contributed by atoms with Crippen LogP contribution in [0.25, 0.3) is 0 Å². The van der Waals surface area contributed by atoms with E-state index in [2.05, 4.69) is 24.5 Å². The molecule has 4 N–H and O–H groups in total. The molecule has 0 bridgehead atoms. The van der Waals surface area contributed by atoms with E-state index < -0.39 is 24.6 Å². The fraction of sp³-hybridized carbons (Fsp3) is 0.833. The first-order valence-corrected chi connectivity index (χ1v) is 6.34. The molecular weight excluding hydrogens is 236 g/mol. The molecule has 6 heteroatoms. The Morgan fingerprint density at radius 3 is 2.50 bits per heavy atom. The summed E-state index contributed by atoms with van der Waals surface area (Å²) in [7, 11) is 0. The Balaban J connectivity index is 2.42. The second-order valence-corrected chi connectivity index (χ2v) is 5.19. The van der Waals surface area contributed by atoms with Gasteiger partial charge in [0.15, 0.2) is 6.04 Å². The molecule has 0 aromatic carbocycles. The molecule has 6 nitrogen and oxygen atoms in total. The van der Waals surface area contributed by atoms with Gasteiger partial charge >= 0.3 is 12.0 Å². The SMILES string of the molecule is CC1CCC(NC(=O)NC(CO)C(=O)O)C(C)C1. The average Bonchev–Trinajstić information content (AvgIpc) is 2.29. The van der Waals surface area contributed by atoms with Gasteiger partial charge in [0, 0.05) is 6.04 Å². The van der Waals surface area contributed by atoms with Crippen molar-refractivity contribution in [2.45, 2.75) is 45.2 Å². The Labute approximate surface area is 107 Å². The minimum atomic E-state index is -1.25. The fourth-order valence-electron chi connectivity index (χ4n) is 2.43. The number of rotatable bonds is 4. The Morgan fingerprint density at radius 1 is 1.33 bits per heavy atom. The molecule has 0 aliphatic heterocycles. The van der Waals surface area contributed by atoms with E-state index in [0.29, 0.717) is 11.8 Å². The summed E-state index contributed by atoms with van der Waals surface area (Å²) in [6.07, 6.45) is 3.04. The summed E-state index contributed by atoms with van der Waals surface area (Å²) in [5, 5.41) is 22.6. The van der Waals surface area contributed by atoms with Crippen LogP contribution in [0.4, 0.5) is 4.79 Å². The topological polar surface area (TPSA) is 98.7 Å². The first kappa shape index (κ1) is 14.8. The van der Waals surface area contributed by atoms with Gasteiger partial charge in [0.2, 0.25) is 0 Å². The molecule has 0 saturated heterocycles. The third kappa shape index (κ3) is 4.18. The third-order valence-electron chi connectivity index (χ3n) is 3.53. The highest BCUT2D eigenvalue weighted by molar-refractivity contribution is 5.82. The molecule has 0 aromatic rings. The van der Waals surface area contributed by atoms with E-state index >= 15 is 0 Å². The quantitative estimate of drug-likeness (QED) is 0.592. The van der Waals surface area contributed by atoms with Crippen LogP contribution < -0.4 is 10.6 Å². The van der Waals surface area contributed by atoms with E-state index in [-0.39, 0.29) is 6.04 Å². The van der Waals surface area contributed by atoms with Crippen LogP contribution in [0.1, 0.15) is 33.1 Å². The molecule has 4 atom stereocenters. The lowest BCUT2D eigenvalue weighted by Crippen LogP contribution is -2.52. The maximum atomic E-state index is 11.6. The fourth-order valence-corrected chi connectivity index (χ4v) is 2.43. The van der Waals surface area contributed by atoms with Gasteiger partial charge in [-0.3, -0.25) is 0 Å². The lowest BCUT2D eigenvalue weighted by atomic mass is 9.80. The summed E-state index contributed by atoms with van der Waals surface area (Å²) in [5.74, 6) is -0.180. The van der Waals surface area contributed by atoms with E-state index in [9.17, 15) is 9.59 Å². The zero-order valence-electron chi connectivity index (χ0n) is 10.8. The molecule has 18 heavy (non-hydrogen) atoms. The van der Waals surface area contributed by atoms with Crippen LogP contribution in [0.3, 0.4) is 0 Å². The maximum Gasteiger partial charge on any atom is 0.328 e. The lowest BCUT2D eigenvalue weighted by molar-refractivity contribution is -0.140. The summed E-state index contributed by atoms with van der Waals surface area (Å²) in [6, 6.07) is -1.69. The number of carboxylic acid groups (broad SMARTS) is 1. The van der Waals surface area contributed by atoms with Crippen LogP contribution in [-0.2, 0) is 4.79 Å². The van der Waals surface area contributed by atoms with Crippen molar-refractivity contribution < 1.29 is 19.8 Å². The van der Waals surface area contributed by atoms with Gasteiger partial charge < -0.3 is 20.8 Å². The van der Waals surface area contributed by atoms with Gasteiger partial charge in [0.05, 0.1) is 6.61 Å². The Hall–Kier alpha value is -1.30. The van der Waals surface area contributed by atoms with Crippen molar-refractivity contribution in [2.75, 3.05) is 6.61 Å². The predicted octanol–water partition coefficient (Wildman–Crippen LogP) is 0.556. The molecule has 0 aromatic heterocycles. The number of nitrogens with one attached hydrogen (secondary N) is 2.